The molecule has 0 saturated carbocycles. The third-order valence-corrected chi connectivity index (χ3v) is 5.63. The molecular weight excluding hydrogens is 463 g/mol. The SMILES string of the molecule is COc1ccc(OCCCC(=O)N(Cc2c(Cl)cccc2Cl)[C@H](C)C(=O)NC(C)(C)C)cc1. The van der Waals surface area contributed by atoms with Gasteiger partial charge in [0.2, 0.25) is 11.8 Å². The summed E-state index contributed by atoms with van der Waals surface area (Å²) in [7, 11) is 1.60. The predicted octanol–water partition coefficient (Wildman–Crippen LogP) is 5.49. The molecule has 1 atom stereocenters. The van der Waals surface area contributed by atoms with Crippen LogP contribution in [0, 0.1) is 0 Å². The number of amides is 2. The summed E-state index contributed by atoms with van der Waals surface area (Å²) in [4.78, 5) is 27.5. The number of methoxy groups -OCH3 is 1. The van der Waals surface area contributed by atoms with Crippen LogP contribution in [0.5, 0.6) is 11.5 Å². The van der Waals surface area contributed by atoms with Crippen LogP contribution < -0.4 is 14.8 Å². The summed E-state index contributed by atoms with van der Waals surface area (Å²) in [6, 6.07) is 11.7. The van der Waals surface area contributed by atoms with Crippen LogP contribution >= 0.6 is 23.2 Å². The second kappa shape index (κ2) is 12.1. The van der Waals surface area contributed by atoms with E-state index in [0.717, 1.165) is 5.75 Å². The van der Waals surface area contributed by atoms with E-state index in [4.69, 9.17) is 32.7 Å². The second-order valence-electron chi connectivity index (χ2n) is 8.76. The zero-order valence-electron chi connectivity index (χ0n) is 19.8. The molecule has 8 heteroatoms. The molecule has 2 rings (SSSR count). The van der Waals surface area contributed by atoms with Gasteiger partial charge in [-0.25, -0.2) is 0 Å². The van der Waals surface area contributed by atoms with Crippen LogP contribution in [0.4, 0.5) is 0 Å². The van der Waals surface area contributed by atoms with E-state index >= 15 is 0 Å². The molecule has 2 amide bonds. The van der Waals surface area contributed by atoms with Crippen LogP contribution in [0.25, 0.3) is 0 Å². The molecule has 0 aliphatic carbocycles. The average molecular weight is 495 g/mol. The maximum Gasteiger partial charge on any atom is 0.242 e. The molecule has 0 fully saturated rings. The summed E-state index contributed by atoms with van der Waals surface area (Å²) in [6.07, 6.45) is 0.705. The number of ether oxygens (including phenoxy) is 2. The highest BCUT2D eigenvalue weighted by Crippen LogP contribution is 2.27. The molecular formula is C25H32Cl2N2O4. The number of benzene rings is 2. The van der Waals surface area contributed by atoms with Gasteiger partial charge in [-0.2, -0.15) is 0 Å². The smallest absolute Gasteiger partial charge is 0.242 e. The van der Waals surface area contributed by atoms with E-state index in [1.165, 1.54) is 4.90 Å². The van der Waals surface area contributed by atoms with E-state index in [9.17, 15) is 9.59 Å². The van der Waals surface area contributed by atoms with Crippen LogP contribution in [0.1, 0.15) is 46.1 Å². The van der Waals surface area contributed by atoms with Gasteiger partial charge in [-0.3, -0.25) is 9.59 Å². The number of nitrogens with one attached hydrogen (secondary N) is 1. The Hall–Kier alpha value is -2.44. The Morgan fingerprint density at radius 3 is 2.15 bits per heavy atom. The summed E-state index contributed by atoms with van der Waals surface area (Å²) in [5.41, 5.74) is 0.188. The minimum absolute atomic E-state index is 0.134. The Kier molecular flexibility index (Phi) is 9.87. The van der Waals surface area contributed by atoms with Gasteiger partial charge in [-0.05, 0) is 70.5 Å². The van der Waals surface area contributed by atoms with Crippen molar-refractivity contribution in [3.8, 4) is 11.5 Å². The normalized spacial score (nSPS) is 12.1. The quantitative estimate of drug-likeness (QED) is 0.443. The zero-order valence-corrected chi connectivity index (χ0v) is 21.3. The van der Waals surface area contributed by atoms with Crippen molar-refractivity contribution < 1.29 is 19.1 Å². The largest absolute Gasteiger partial charge is 0.497 e. The van der Waals surface area contributed by atoms with Crippen molar-refractivity contribution >= 4 is 35.0 Å². The number of halogens is 2. The molecule has 0 spiro atoms. The van der Waals surface area contributed by atoms with E-state index in [1.807, 2.05) is 45.0 Å². The molecule has 0 aliphatic rings. The first-order chi connectivity index (χ1) is 15.5. The highest BCUT2D eigenvalue weighted by atomic mass is 35.5. The van der Waals surface area contributed by atoms with Gasteiger partial charge in [-0.1, -0.05) is 29.3 Å². The van der Waals surface area contributed by atoms with Crippen molar-refractivity contribution in [1.29, 1.82) is 0 Å². The number of hydrogen-bond acceptors (Lipinski definition) is 4. The van der Waals surface area contributed by atoms with Gasteiger partial charge in [0.25, 0.3) is 0 Å². The first-order valence-electron chi connectivity index (χ1n) is 10.8. The van der Waals surface area contributed by atoms with Crippen molar-refractivity contribution in [2.75, 3.05) is 13.7 Å². The minimum Gasteiger partial charge on any atom is -0.497 e. The first kappa shape index (κ1) is 26.8. The number of nitrogens with zero attached hydrogens (tertiary/aromatic N) is 1. The Morgan fingerprint density at radius 1 is 1.03 bits per heavy atom. The summed E-state index contributed by atoms with van der Waals surface area (Å²) in [5.74, 6) is 1.02. The third kappa shape index (κ3) is 8.45. The standard InChI is InChI=1S/C25H32Cl2N2O4/c1-17(24(31)28-25(2,3)4)29(16-20-21(26)8-6-9-22(20)27)23(30)10-7-15-33-19-13-11-18(32-5)12-14-19/h6,8-9,11-14,17H,7,10,15-16H2,1-5H3,(H,28,31)/t17-/m1/s1. The lowest BCUT2D eigenvalue weighted by atomic mass is 10.1. The Bertz CT molecular complexity index is 922. The molecule has 0 aromatic heterocycles. The average Bonchev–Trinajstić information content (AvgIpc) is 2.75. The lowest BCUT2D eigenvalue weighted by Gasteiger charge is -2.32. The number of carbonyl (C=O) groups is 2. The van der Waals surface area contributed by atoms with Crippen molar-refractivity contribution in [3.05, 3.63) is 58.1 Å². The van der Waals surface area contributed by atoms with E-state index in [-0.39, 0.29) is 24.8 Å². The van der Waals surface area contributed by atoms with Gasteiger partial charge >= 0.3 is 0 Å². The van der Waals surface area contributed by atoms with Crippen LogP contribution in [-0.2, 0) is 16.1 Å². The molecule has 0 aliphatic heterocycles. The van der Waals surface area contributed by atoms with Crippen molar-refractivity contribution in [1.82, 2.24) is 10.2 Å². The van der Waals surface area contributed by atoms with E-state index in [0.29, 0.717) is 34.4 Å². The fourth-order valence-electron chi connectivity index (χ4n) is 3.14. The highest BCUT2D eigenvalue weighted by molar-refractivity contribution is 6.36. The topological polar surface area (TPSA) is 67.9 Å². The van der Waals surface area contributed by atoms with Gasteiger partial charge in [0.1, 0.15) is 17.5 Å². The lowest BCUT2D eigenvalue weighted by molar-refractivity contribution is -0.141. The maximum atomic E-state index is 13.2. The van der Waals surface area contributed by atoms with Crippen LogP contribution in [0.15, 0.2) is 42.5 Å². The first-order valence-corrected chi connectivity index (χ1v) is 11.6. The number of carbonyl (C=O) groups excluding carboxylic acids is 2. The maximum absolute atomic E-state index is 13.2. The molecule has 0 unspecified atom stereocenters. The molecule has 2 aromatic carbocycles. The second-order valence-corrected chi connectivity index (χ2v) is 9.58. The molecule has 1 N–H and O–H groups in total. The summed E-state index contributed by atoms with van der Waals surface area (Å²) in [5, 5.41) is 3.83. The van der Waals surface area contributed by atoms with Gasteiger partial charge in [-0.15, -0.1) is 0 Å². The minimum atomic E-state index is -0.702. The summed E-state index contributed by atoms with van der Waals surface area (Å²) < 4.78 is 10.9. The molecule has 0 saturated heterocycles. The molecule has 0 heterocycles. The Morgan fingerprint density at radius 2 is 1.61 bits per heavy atom. The Labute approximate surface area is 206 Å². The molecule has 0 radical (unpaired) electrons. The molecule has 180 valence electrons. The molecule has 2 aromatic rings. The van der Waals surface area contributed by atoms with Gasteiger partial charge in [0.15, 0.2) is 0 Å². The summed E-state index contributed by atoms with van der Waals surface area (Å²) >= 11 is 12.7. The number of hydrogen-bond donors (Lipinski definition) is 1. The fourth-order valence-corrected chi connectivity index (χ4v) is 3.66. The molecule has 6 nitrogen and oxygen atoms in total. The summed E-state index contributed by atoms with van der Waals surface area (Å²) in [6.45, 7) is 7.88. The van der Waals surface area contributed by atoms with Crippen LogP contribution in [0.2, 0.25) is 10.0 Å². The fraction of sp³-hybridized carbons (Fsp3) is 0.440. The number of rotatable bonds is 10. The Balaban J connectivity index is 2.07. The van der Waals surface area contributed by atoms with E-state index < -0.39 is 11.6 Å². The van der Waals surface area contributed by atoms with Crippen molar-refractivity contribution in [3.63, 3.8) is 0 Å². The lowest BCUT2D eigenvalue weighted by Crippen LogP contribution is -2.52. The highest BCUT2D eigenvalue weighted by Gasteiger charge is 2.29. The predicted molar refractivity (Wildman–Crippen MR) is 132 cm³/mol. The molecule has 33 heavy (non-hydrogen) atoms. The monoisotopic (exact) mass is 494 g/mol. The van der Waals surface area contributed by atoms with Gasteiger partial charge < -0.3 is 19.7 Å². The van der Waals surface area contributed by atoms with Gasteiger partial charge in [0, 0.05) is 34.1 Å². The van der Waals surface area contributed by atoms with Crippen molar-refractivity contribution in [2.24, 2.45) is 0 Å². The van der Waals surface area contributed by atoms with E-state index in [1.54, 1.807) is 32.2 Å². The van der Waals surface area contributed by atoms with Crippen LogP contribution in [-0.4, -0.2) is 42.0 Å². The van der Waals surface area contributed by atoms with E-state index in [2.05, 4.69) is 5.32 Å². The van der Waals surface area contributed by atoms with Gasteiger partial charge in [0.05, 0.1) is 13.7 Å². The third-order valence-electron chi connectivity index (χ3n) is 4.92. The molecule has 0 bridgehead atoms. The zero-order chi connectivity index (χ0) is 24.6. The van der Waals surface area contributed by atoms with Crippen LogP contribution in [0.3, 0.4) is 0 Å². The van der Waals surface area contributed by atoms with Crippen molar-refractivity contribution in [2.45, 2.75) is 58.7 Å².